The predicted molar refractivity (Wildman–Crippen MR) is 132 cm³/mol. The molecule has 0 bridgehead atoms. The fraction of sp³-hybridized carbons (Fsp3) is 0.444. The van der Waals surface area contributed by atoms with E-state index >= 15 is 0 Å². The van der Waals surface area contributed by atoms with Gasteiger partial charge in [-0.3, -0.25) is 9.59 Å². The second-order valence-corrected chi connectivity index (χ2v) is 8.52. The molecule has 3 N–H and O–H groups in total. The van der Waals surface area contributed by atoms with E-state index in [0.717, 1.165) is 19.3 Å². The van der Waals surface area contributed by atoms with Crippen LogP contribution in [-0.2, 0) is 19.1 Å². The number of carboxylic acids is 1. The Hall–Kier alpha value is -3.39. The first kappa shape index (κ1) is 26.2. The fourth-order valence-electron chi connectivity index (χ4n) is 4.21. The van der Waals surface area contributed by atoms with Gasteiger partial charge in [0.1, 0.15) is 6.61 Å². The molecule has 0 aliphatic heterocycles. The lowest BCUT2D eigenvalue weighted by Crippen LogP contribution is -2.30. The number of rotatable bonds is 15. The number of aliphatic carboxylic acids is 1. The minimum Gasteiger partial charge on any atom is -0.481 e. The van der Waals surface area contributed by atoms with Gasteiger partial charge in [-0.25, -0.2) is 4.79 Å². The molecule has 0 spiro atoms. The van der Waals surface area contributed by atoms with Crippen molar-refractivity contribution < 1.29 is 29.0 Å². The first-order chi connectivity index (χ1) is 17.1. The van der Waals surface area contributed by atoms with Crippen molar-refractivity contribution in [3.8, 4) is 11.1 Å². The number of hydrogen-bond acceptors (Lipinski definition) is 5. The second kappa shape index (κ2) is 14.1. The Morgan fingerprint density at radius 3 is 2.11 bits per heavy atom. The molecule has 0 saturated carbocycles. The van der Waals surface area contributed by atoms with Crippen molar-refractivity contribution in [3.05, 3.63) is 59.7 Å². The average Bonchev–Trinajstić information content (AvgIpc) is 3.17. The molecule has 2 amide bonds. The number of nitrogens with one attached hydrogen (secondary N) is 2. The van der Waals surface area contributed by atoms with Crippen LogP contribution in [0.25, 0.3) is 11.1 Å². The number of unbranched alkanes of at least 4 members (excludes halogenated alkanes) is 3. The summed E-state index contributed by atoms with van der Waals surface area (Å²) in [5.41, 5.74) is 4.71. The maximum absolute atomic E-state index is 12.1. The van der Waals surface area contributed by atoms with Gasteiger partial charge in [-0.1, -0.05) is 61.4 Å². The lowest BCUT2D eigenvalue weighted by molar-refractivity contribution is -0.137. The molecule has 0 saturated heterocycles. The zero-order chi connectivity index (χ0) is 24.9. The molecule has 0 aromatic heterocycles. The number of hydrogen-bond donors (Lipinski definition) is 3. The van der Waals surface area contributed by atoms with Gasteiger partial charge < -0.3 is 25.2 Å². The lowest BCUT2D eigenvalue weighted by Gasteiger charge is -2.14. The number of ether oxygens (including phenoxy) is 2. The van der Waals surface area contributed by atoms with Crippen LogP contribution in [0.3, 0.4) is 0 Å². The van der Waals surface area contributed by atoms with Gasteiger partial charge in [0.2, 0.25) is 5.91 Å². The Morgan fingerprint density at radius 2 is 1.43 bits per heavy atom. The van der Waals surface area contributed by atoms with E-state index in [1.807, 2.05) is 24.3 Å². The molecule has 8 heteroatoms. The van der Waals surface area contributed by atoms with Gasteiger partial charge in [0, 0.05) is 31.8 Å². The number of carbonyl (C=O) groups is 3. The van der Waals surface area contributed by atoms with Gasteiger partial charge >= 0.3 is 12.1 Å². The van der Waals surface area contributed by atoms with Gasteiger partial charge in [-0.15, -0.1) is 0 Å². The van der Waals surface area contributed by atoms with Crippen LogP contribution in [-0.4, -0.2) is 56.0 Å². The number of benzene rings is 2. The average molecular weight is 483 g/mol. The summed E-state index contributed by atoms with van der Waals surface area (Å²) in [4.78, 5) is 34.4. The molecule has 35 heavy (non-hydrogen) atoms. The smallest absolute Gasteiger partial charge is 0.407 e. The van der Waals surface area contributed by atoms with Crippen LogP contribution in [0, 0.1) is 0 Å². The van der Waals surface area contributed by atoms with E-state index < -0.39 is 12.1 Å². The van der Waals surface area contributed by atoms with Crippen LogP contribution in [0.1, 0.15) is 55.6 Å². The summed E-state index contributed by atoms with van der Waals surface area (Å²) in [6.07, 6.45) is 3.20. The minimum atomic E-state index is -0.771. The second-order valence-electron chi connectivity index (χ2n) is 8.52. The Bertz CT molecular complexity index is 948. The largest absolute Gasteiger partial charge is 0.481 e. The van der Waals surface area contributed by atoms with Crippen molar-refractivity contribution in [2.75, 3.05) is 32.9 Å². The quantitative estimate of drug-likeness (QED) is 0.330. The van der Waals surface area contributed by atoms with E-state index in [1.54, 1.807) is 0 Å². The fourth-order valence-corrected chi connectivity index (χ4v) is 4.21. The maximum atomic E-state index is 12.1. The topological polar surface area (TPSA) is 114 Å². The van der Waals surface area contributed by atoms with Crippen LogP contribution >= 0.6 is 0 Å². The Labute approximate surface area is 206 Å². The third-order valence-electron chi connectivity index (χ3n) is 5.97. The molecule has 0 atom stereocenters. The summed E-state index contributed by atoms with van der Waals surface area (Å²) in [5.74, 6) is -0.834. The molecule has 0 radical (unpaired) electrons. The highest BCUT2D eigenvalue weighted by atomic mass is 16.5. The van der Waals surface area contributed by atoms with Crippen LogP contribution < -0.4 is 10.6 Å². The van der Waals surface area contributed by atoms with E-state index in [-0.39, 0.29) is 37.9 Å². The highest BCUT2D eigenvalue weighted by Gasteiger charge is 2.28. The molecular formula is C27H34N2O6. The van der Waals surface area contributed by atoms with Crippen molar-refractivity contribution >= 4 is 18.0 Å². The van der Waals surface area contributed by atoms with E-state index in [0.29, 0.717) is 26.1 Å². The van der Waals surface area contributed by atoms with E-state index in [4.69, 9.17) is 14.6 Å². The summed E-state index contributed by atoms with van der Waals surface area (Å²) in [6.45, 7) is 1.71. The van der Waals surface area contributed by atoms with Crippen molar-refractivity contribution in [1.82, 2.24) is 10.6 Å². The Kier molecular flexibility index (Phi) is 10.6. The number of alkyl carbamates (subject to hydrolysis) is 1. The predicted octanol–water partition coefficient (Wildman–Crippen LogP) is 4.08. The van der Waals surface area contributed by atoms with E-state index in [9.17, 15) is 14.4 Å². The van der Waals surface area contributed by atoms with Crippen molar-refractivity contribution in [2.24, 2.45) is 0 Å². The molecule has 0 unspecified atom stereocenters. The molecular weight excluding hydrogens is 448 g/mol. The lowest BCUT2D eigenvalue weighted by atomic mass is 9.98. The molecule has 1 aliphatic carbocycles. The standard InChI is InChI=1S/C27H34N2O6/c30-25(28-15-8-2-1-3-13-26(31)32)14-17-34-18-16-29-27(33)35-19-24-22-11-6-4-9-20(22)21-10-5-7-12-23(21)24/h4-7,9-12,24H,1-3,8,13-19H2,(H,28,30)(H,29,33)(H,31,32). The van der Waals surface area contributed by atoms with Gasteiger partial charge in [0.05, 0.1) is 13.2 Å². The highest BCUT2D eigenvalue weighted by Crippen LogP contribution is 2.44. The third kappa shape index (κ3) is 8.40. The maximum Gasteiger partial charge on any atom is 0.407 e. The van der Waals surface area contributed by atoms with Gasteiger partial charge in [0.15, 0.2) is 0 Å². The third-order valence-corrected chi connectivity index (χ3v) is 5.97. The first-order valence-corrected chi connectivity index (χ1v) is 12.2. The summed E-state index contributed by atoms with van der Waals surface area (Å²) < 4.78 is 10.9. The highest BCUT2D eigenvalue weighted by molar-refractivity contribution is 5.79. The summed E-state index contributed by atoms with van der Waals surface area (Å²) in [5, 5.41) is 14.1. The molecule has 0 heterocycles. The van der Waals surface area contributed by atoms with Crippen molar-refractivity contribution in [1.29, 1.82) is 0 Å². The van der Waals surface area contributed by atoms with Crippen LogP contribution in [0.5, 0.6) is 0 Å². The minimum absolute atomic E-state index is 0.0210. The van der Waals surface area contributed by atoms with Crippen LogP contribution in [0.15, 0.2) is 48.5 Å². The van der Waals surface area contributed by atoms with E-state index in [2.05, 4.69) is 34.9 Å². The molecule has 8 nitrogen and oxygen atoms in total. The van der Waals surface area contributed by atoms with Gasteiger partial charge in [0.25, 0.3) is 0 Å². The SMILES string of the molecule is O=C(O)CCCCCCNC(=O)CCOCCNC(=O)OCC1c2ccccc2-c2ccccc21. The number of amides is 2. The van der Waals surface area contributed by atoms with Crippen molar-refractivity contribution in [3.63, 3.8) is 0 Å². The summed E-state index contributed by atoms with van der Waals surface area (Å²) >= 11 is 0. The Morgan fingerprint density at radius 1 is 0.771 bits per heavy atom. The van der Waals surface area contributed by atoms with Gasteiger partial charge in [-0.2, -0.15) is 0 Å². The zero-order valence-electron chi connectivity index (χ0n) is 20.0. The Balaban J connectivity index is 1.22. The zero-order valence-corrected chi connectivity index (χ0v) is 20.0. The molecule has 3 rings (SSSR count). The molecule has 188 valence electrons. The summed E-state index contributed by atoms with van der Waals surface area (Å²) in [6, 6.07) is 16.4. The molecule has 0 fully saturated rings. The summed E-state index contributed by atoms with van der Waals surface area (Å²) in [7, 11) is 0. The molecule has 2 aromatic carbocycles. The number of carbonyl (C=O) groups excluding carboxylic acids is 2. The number of carboxylic acid groups (broad SMARTS) is 1. The number of fused-ring (bicyclic) bond motifs is 3. The first-order valence-electron chi connectivity index (χ1n) is 12.2. The van der Waals surface area contributed by atoms with Crippen LogP contribution in [0.4, 0.5) is 4.79 Å². The van der Waals surface area contributed by atoms with Gasteiger partial charge in [-0.05, 0) is 35.1 Å². The van der Waals surface area contributed by atoms with Crippen LogP contribution in [0.2, 0.25) is 0 Å². The molecule has 1 aliphatic rings. The van der Waals surface area contributed by atoms with E-state index in [1.165, 1.54) is 22.3 Å². The molecule has 2 aromatic rings. The normalized spacial score (nSPS) is 12.0. The monoisotopic (exact) mass is 482 g/mol. The van der Waals surface area contributed by atoms with Crippen molar-refractivity contribution in [2.45, 2.75) is 44.4 Å².